The third-order valence-electron chi connectivity index (χ3n) is 2.39. The van der Waals surface area contributed by atoms with Crippen LogP contribution in [0, 0.1) is 0 Å². The quantitative estimate of drug-likeness (QED) is 0.466. The van der Waals surface area contributed by atoms with Crippen molar-refractivity contribution in [2.24, 2.45) is 0 Å². The van der Waals surface area contributed by atoms with E-state index in [4.69, 9.17) is 4.74 Å². The predicted octanol–water partition coefficient (Wildman–Crippen LogP) is 4.02. The maximum absolute atomic E-state index is 5.15. The van der Waals surface area contributed by atoms with Crippen molar-refractivity contribution in [1.82, 2.24) is 0 Å². The molecule has 1 rings (SSSR count). The van der Waals surface area contributed by atoms with Crippen LogP contribution in [0.4, 0.5) is 0 Å². The topological polar surface area (TPSA) is 12.5 Å². The molecule has 0 aliphatic carbocycles. The van der Waals surface area contributed by atoms with Crippen molar-refractivity contribution in [2.45, 2.75) is 51.0 Å². The maximum Gasteiger partial charge on any atom is 0.0810 e. The minimum atomic E-state index is 0.635. The molecule has 76 valence electrons. The molecule has 1 atom stereocenters. The molecule has 0 amide bonds. The lowest BCUT2D eigenvalue weighted by Gasteiger charge is -1.98. The van der Waals surface area contributed by atoms with Gasteiger partial charge in [0.1, 0.15) is 0 Å². The van der Waals surface area contributed by atoms with Crippen LogP contribution in [0.5, 0.6) is 0 Å². The van der Waals surface area contributed by atoms with Crippen molar-refractivity contribution >= 4 is 15.9 Å². The predicted molar refractivity (Wildman–Crippen MR) is 60.1 cm³/mol. The van der Waals surface area contributed by atoms with E-state index in [0.29, 0.717) is 6.10 Å². The van der Waals surface area contributed by atoms with Crippen LogP contribution in [0.3, 0.4) is 0 Å². The van der Waals surface area contributed by atoms with Crippen LogP contribution in [0.15, 0.2) is 11.1 Å². The summed E-state index contributed by atoms with van der Waals surface area (Å²) < 4.78 is 5.15. The standard InChI is InChI=1S/C11H19BrO/c12-9-7-5-3-1-2-4-6-8-11-10-13-11/h7,9,11H,1-6,8,10H2/b9-7+. The fraction of sp³-hybridized carbons (Fsp3) is 0.818. The lowest BCUT2D eigenvalue weighted by atomic mass is 10.1. The summed E-state index contributed by atoms with van der Waals surface area (Å²) in [5.74, 6) is 0. The van der Waals surface area contributed by atoms with Crippen molar-refractivity contribution in [2.75, 3.05) is 6.61 Å². The number of rotatable bonds is 8. The van der Waals surface area contributed by atoms with Gasteiger partial charge in [0.25, 0.3) is 0 Å². The summed E-state index contributed by atoms with van der Waals surface area (Å²) in [5, 5.41) is 0. The molecule has 1 aliphatic rings. The first-order valence-electron chi connectivity index (χ1n) is 5.30. The zero-order valence-corrected chi connectivity index (χ0v) is 9.76. The van der Waals surface area contributed by atoms with Gasteiger partial charge in [0, 0.05) is 0 Å². The first-order chi connectivity index (χ1) is 6.43. The third-order valence-corrected chi connectivity index (χ3v) is 2.76. The molecule has 1 fully saturated rings. The van der Waals surface area contributed by atoms with Gasteiger partial charge in [-0.2, -0.15) is 0 Å². The first kappa shape index (κ1) is 11.3. The fourth-order valence-corrected chi connectivity index (χ4v) is 1.73. The Morgan fingerprint density at radius 2 is 1.85 bits per heavy atom. The summed E-state index contributed by atoms with van der Waals surface area (Å²) in [7, 11) is 0. The van der Waals surface area contributed by atoms with E-state index in [9.17, 15) is 0 Å². The van der Waals surface area contributed by atoms with Crippen molar-refractivity contribution in [3.8, 4) is 0 Å². The van der Waals surface area contributed by atoms with Gasteiger partial charge in [0.15, 0.2) is 0 Å². The molecule has 1 aliphatic heterocycles. The number of ether oxygens (including phenoxy) is 1. The average molecular weight is 247 g/mol. The molecule has 1 nitrogen and oxygen atoms in total. The molecule has 13 heavy (non-hydrogen) atoms. The molecule has 0 aromatic carbocycles. The van der Waals surface area contributed by atoms with Crippen LogP contribution in [-0.4, -0.2) is 12.7 Å². The van der Waals surface area contributed by atoms with Crippen LogP contribution in [0.2, 0.25) is 0 Å². The second kappa shape index (κ2) is 7.57. The summed E-state index contributed by atoms with van der Waals surface area (Å²) in [5.41, 5.74) is 0. The lowest BCUT2D eigenvalue weighted by molar-refractivity contribution is 0.387. The summed E-state index contributed by atoms with van der Waals surface area (Å²) in [6.07, 6.45) is 12.2. The van der Waals surface area contributed by atoms with E-state index in [-0.39, 0.29) is 0 Å². The summed E-state index contributed by atoms with van der Waals surface area (Å²) in [6.45, 7) is 1.02. The minimum Gasteiger partial charge on any atom is -0.373 e. The van der Waals surface area contributed by atoms with E-state index in [1.807, 2.05) is 4.99 Å². The van der Waals surface area contributed by atoms with E-state index in [1.54, 1.807) is 0 Å². The molecule has 1 heterocycles. The molecule has 0 saturated carbocycles. The molecule has 0 aromatic rings. The van der Waals surface area contributed by atoms with Gasteiger partial charge in [0.05, 0.1) is 12.7 Å². The van der Waals surface area contributed by atoms with Gasteiger partial charge in [-0.15, -0.1) is 0 Å². The number of unbranched alkanes of at least 4 members (excludes halogenated alkanes) is 5. The fourth-order valence-electron chi connectivity index (χ4n) is 1.46. The number of halogens is 1. The Morgan fingerprint density at radius 3 is 2.54 bits per heavy atom. The van der Waals surface area contributed by atoms with Crippen molar-refractivity contribution in [3.63, 3.8) is 0 Å². The largest absolute Gasteiger partial charge is 0.373 e. The van der Waals surface area contributed by atoms with E-state index >= 15 is 0 Å². The van der Waals surface area contributed by atoms with Gasteiger partial charge in [0.2, 0.25) is 0 Å². The Bertz CT molecular complexity index is 141. The second-order valence-electron chi connectivity index (χ2n) is 3.66. The van der Waals surface area contributed by atoms with Crippen LogP contribution in [-0.2, 0) is 4.74 Å². The van der Waals surface area contributed by atoms with Crippen LogP contribution >= 0.6 is 15.9 Å². The smallest absolute Gasteiger partial charge is 0.0810 e. The molecule has 0 aromatic heterocycles. The molecule has 1 saturated heterocycles. The second-order valence-corrected chi connectivity index (χ2v) is 4.19. The number of epoxide rings is 1. The molecule has 0 bridgehead atoms. The van der Waals surface area contributed by atoms with Gasteiger partial charge in [-0.1, -0.05) is 47.7 Å². The number of allylic oxidation sites excluding steroid dienone is 1. The Balaban J connectivity index is 1.68. The highest BCUT2D eigenvalue weighted by Crippen LogP contribution is 2.17. The van der Waals surface area contributed by atoms with E-state index in [1.165, 1.54) is 44.9 Å². The van der Waals surface area contributed by atoms with Gasteiger partial charge in [-0.25, -0.2) is 0 Å². The SMILES string of the molecule is Br/C=C/CCCCCCCC1CO1. The Labute approximate surface area is 89.7 Å². The minimum absolute atomic E-state index is 0.635. The van der Waals surface area contributed by atoms with Crippen molar-refractivity contribution in [3.05, 3.63) is 11.1 Å². The van der Waals surface area contributed by atoms with Crippen LogP contribution in [0.1, 0.15) is 44.9 Å². The normalized spacial score (nSPS) is 21.2. The van der Waals surface area contributed by atoms with Crippen LogP contribution < -0.4 is 0 Å². The van der Waals surface area contributed by atoms with Gasteiger partial charge in [-0.05, 0) is 24.2 Å². The van der Waals surface area contributed by atoms with Gasteiger partial charge < -0.3 is 4.74 Å². The van der Waals surface area contributed by atoms with Crippen LogP contribution in [0.25, 0.3) is 0 Å². The number of hydrogen-bond donors (Lipinski definition) is 0. The number of hydrogen-bond acceptors (Lipinski definition) is 1. The van der Waals surface area contributed by atoms with Gasteiger partial charge >= 0.3 is 0 Å². The summed E-state index contributed by atoms with van der Waals surface area (Å²) >= 11 is 3.27. The first-order valence-corrected chi connectivity index (χ1v) is 6.22. The zero-order valence-electron chi connectivity index (χ0n) is 8.18. The highest BCUT2D eigenvalue weighted by molar-refractivity contribution is 9.11. The summed E-state index contributed by atoms with van der Waals surface area (Å²) in [4.78, 5) is 1.96. The molecular weight excluding hydrogens is 228 g/mol. The highest BCUT2D eigenvalue weighted by atomic mass is 79.9. The molecule has 0 radical (unpaired) electrons. The monoisotopic (exact) mass is 246 g/mol. The Kier molecular flexibility index (Phi) is 6.56. The third kappa shape index (κ3) is 7.27. The zero-order chi connectivity index (χ0) is 9.36. The van der Waals surface area contributed by atoms with Crippen molar-refractivity contribution < 1.29 is 4.74 Å². The molecule has 2 heteroatoms. The van der Waals surface area contributed by atoms with E-state index < -0.39 is 0 Å². The molecule has 0 spiro atoms. The molecule has 0 N–H and O–H groups in total. The average Bonchev–Trinajstić information content (AvgIpc) is 2.93. The van der Waals surface area contributed by atoms with E-state index in [0.717, 1.165) is 6.61 Å². The Hall–Kier alpha value is 0.180. The maximum atomic E-state index is 5.15. The van der Waals surface area contributed by atoms with Crippen molar-refractivity contribution in [1.29, 1.82) is 0 Å². The summed E-state index contributed by atoms with van der Waals surface area (Å²) in [6, 6.07) is 0. The molecule has 1 unspecified atom stereocenters. The molecular formula is C11H19BrO. The highest BCUT2D eigenvalue weighted by Gasteiger charge is 2.20. The Morgan fingerprint density at radius 1 is 1.15 bits per heavy atom. The van der Waals surface area contributed by atoms with Gasteiger partial charge in [-0.3, -0.25) is 0 Å². The lowest BCUT2D eigenvalue weighted by Crippen LogP contribution is -1.85. The van der Waals surface area contributed by atoms with E-state index in [2.05, 4.69) is 22.0 Å².